The number of H-pyrrole nitrogens is 1. The zero-order valence-electron chi connectivity index (χ0n) is 12.6. The number of pyridine rings is 1. The fourth-order valence-electron chi connectivity index (χ4n) is 2.61. The minimum absolute atomic E-state index is 0.581. The molecule has 4 heteroatoms. The average Bonchev–Trinajstić information content (AvgIpc) is 3.02. The summed E-state index contributed by atoms with van der Waals surface area (Å²) in [4.78, 5) is 4.24. The molecular formula is C18H16N4. The van der Waals surface area contributed by atoms with Crippen molar-refractivity contribution in [3.8, 4) is 17.2 Å². The second-order valence-corrected chi connectivity index (χ2v) is 5.72. The Morgan fingerprint density at radius 3 is 2.86 bits per heavy atom. The third-order valence-electron chi connectivity index (χ3n) is 3.89. The van der Waals surface area contributed by atoms with Crippen molar-refractivity contribution in [1.29, 1.82) is 5.26 Å². The first-order valence-corrected chi connectivity index (χ1v) is 7.04. The summed E-state index contributed by atoms with van der Waals surface area (Å²) in [5.41, 5.74) is 4.14. The van der Waals surface area contributed by atoms with Gasteiger partial charge in [0.15, 0.2) is 5.65 Å². The van der Waals surface area contributed by atoms with E-state index in [9.17, 15) is 5.26 Å². The molecule has 0 bridgehead atoms. The molecule has 0 saturated carbocycles. The fourth-order valence-corrected chi connectivity index (χ4v) is 2.61. The number of hydrogen-bond acceptors (Lipinski definition) is 3. The summed E-state index contributed by atoms with van der Waals surface area (Å²) in [5, 5.41) is 17.4. The molecule has 0 aliphatic heterocycles. The smallest absolute Gasteiger partial charge is 0.181 e. The lowest BCUT2D eigenvalue weighted by atomic mass is 9.81. The van der Waals surface area contributed by atoms with Crippen molar-refractivity contribution >= 4 is 17.1 Å². The van der Waals surface area contributed by atoms with E-state index in [2.05, 4.69) is 33.9 Å². The first kappa shape index (κ1) is 14.0. The summed E-state index contributed by atoms with van der Waals surface area (Å²) < 4.78 is 0. The second kappa shape index (κ2) is 5.12. The fraction of sp³-hybridized carbons (Fsp3) is 0.167. The van der Waals surface area contributed by atoms with E-state index in [1.165, 1.54) is 0 Å². The lowest BCUT2D eigenvalue weighted by Gasteiger charge is -2.20. The highest BCUT2D eigenvalue weighted by atomic mass is 15.1. The molecular weight excluding hydrogens is 272 g/mol. The summed E-state index contributed by atoms with van der Waals surface area (Å²) in [6, 6.07) is 10.4. The van der Waals surface area contributed by atoms with Crippen LogP contribution in [0.5, 0.6) is 0 Å². The van der Waals surface area contributed by atoms with Crippen molar-refractivity contribution < 1.29 is 0 Å². The van der Waals surface area contributed by atoms with E-state index in [0.29, 0.717) is 5.65 Å². The zero-order valence-corrected chi connectivity index (χ0v) is 12.6. The van der Waals surface area contributed by atoms with Gasteiger partial charge in [0, 0.05) is 17.8 Å². The van der Waals surface area contributed by atoms with Gasteiger partial charge in [-0.05, 0) is 48.2 Å². The van der Waals surface area contributed by atoms with Crippen LogP contribution in [0.2, 0.25) is 0 Å². The van der Waals surface area contributed by atoms with Gasteiger partial charge >= 0.3 is 0 Å². The molecule has 1 N–H and O–H groups in total. The molecule has 108 valence electrons. The maximum absolute atomic E-state index is 9.46. The highest BCUT2D eigenvalue weighted by Crippen LogP contribution is 2.33. The molecule has 2 aromatic heterocycles. The predicted octanol–water partition coefficient (Wildman–Crippen LogP) is 4.07. The number of nitriles is 1. The Morgan fingerprint density at radius 2 is 2.14 bits per heavy atom. The summed E-state index contributed by atoms with van der Waals surface area (Å²) >= 11 is 0. The van der Waals surface area contributed by atoms with Crippen LogP contribution in [0, 0.1) is 11.3 Å². The standard InChI is InChI=1S/C18H16N4/c1-4-12-5-6-13(9-16(12)18(2,3)11-19)14-7-8-20-17-15(14)10-21-22-17/h4-10H,1H2,2-3H3,(H,20,21,22). The Balaban J connectivity index is 2.25. The molecule has 0 aliphatic carbocycles. The third kappa shape index (κ3) is 2.17. The van der Waals surface area contributed by atoms with E-state index >= 15 is 0 Å². The molecule has 3 rings (SSSR count). The van der Waals surface area contributed by atoms with Crippen molar-refractivity contribution in [3.05, 3.63) is 54.4 Å². The van der Waals surface area contributed by atoms with Crippen LogP contribution in [0.15, 0.2) is 43.2 Å². The SMILES string of the molecule is C=Cc1ccc(-c2ccnc3n[nH]cc23)cc1C(C)(C)C#N. The van der Waals surface area contributed by atoms with Gasteiger partial charge in [-0.3, -0.25) is 5.10 Å². The highest BCUT2D eigenvalue weighted by Gasteiger charge is 2.23. The van der Waals surface area contributed by atoms with Crippen LogP contribution >= 0.6 is 0 Å². The van der Waals surface area contributed by atoms with Gasteiger partial charge < -0.3 is 0 Å². The Morgan fingerprint density at radius 1 is 1.32 bits per heavy atom. The van der Waals surface area contributed by atoms with E-state index in [1.54, 1.807) is 12.3 Å². The molecule has 3 aromatic rings. The number of aromatic amines is 1. The van der Waals surface area contributed by atoms with Crippen LogP contribution in [-0.2, 0) is 5.41 Å². The molecule has 0 amide bonds. The number of fused-ring (bicyclic) bond motifs is 1. The lowest BCUT2D eigenvalue weighted by molar-refractivity contribution is 0.685. The monoisotopic (exact) mass is 288 g/mol. The Kier molecular flexibility index (Phi) is 3.26. The van der Waals surface area contributed by atoms with Crippen LogP contribution in [0.3, 0.4) is 0 Å². The number of hydrogen-bond donors (Lipinski definition) is 1. The number of aromatic nitrogens is 3. The first-order chi connectivity index (χ1) is 10.6. The number of benzene rings is 1. The van der Waals surface area contributed by atoms with Crippen LogP contribution in [0.1, 0.15) is 25.0 Å². The molecule has 0 radical (unpaired) electrons. The van der Waals surface area contributed by atoms with E-state index in [-0.39, 0.29) is 0 Å². The summed E-state index contributed by atoms with van der Waals surface area (Å²) in [6.45, 7) is 7.68. The Hall–Kier alpha value is -2.93. The van der Waals surface area contributed by atoms with Crippen molar-refractivity contribution in [2.45, 2.75) is 19.3 Å². The van der Waals surface area contributed by atoms with Crippen LogP contribution in [0.25, 0.3) is 28.2 Å². The average molecular weight is 288 g/mol. The molecule has 0 fully saturated rings. The Bertz CT molecular complexity index is 897. The van der Waals surface area contributed by atoms with Crippen LogP contribution in [0.4, 0.5) is 0 Å². The Labute approximate surface area is 129 Å². The molecule has 4 nitrogen and oxygen atoms in total. The molecule has 0 spiro atoms. The number of rotatable bonds is 3. The number of nitrogens with one attached hydrogen (secondary N) is 1. The van der Waals surface area contributed by atoms with Gasteiger partial charge in [-0.2, -0.15) is 10.4 Å². The maximum Gasteiger partial charge on any atom is 0.181 e. The van der Waals surface area contributed by atoms with Gasteiger partial charge in [-0.15, -0.1) is 0 Å². The minimum atomic E-state index is -0.581. The number of nitrogens with zero attached hydrogens (tertiary/aromatic N) is 3. The second-order valence-electron chi connectivity index (χ2n) is 5.72. The van der Waals surface area contributed by atoms with E-state index in [1.807, 2.05) is 38.2 Å². The van der Waals surface area contributed by atoms with Crippen molar-refractivity contribution in [2.75, 3.05) is 0 Å². The summed E-state index contributed by atoms with van der Waals surface area (Å²) in [6.07, 6.45) is 5.38. The molecule has 0 saturated heterocycles. The molecule has 0 aliphatic rings. The van der Waals surface area contributed by atoms with E-state index < -0.39 is 5.41 Å². The lowest BCUT2D eigenvalue weighted by Crippen LogP contribution is -2.15. The van der Waals surface area contributed by atoms with Gasteiger partial charge in [0.05, 0.1) is 11.5 Å². The molecule has 0 atom stereocenters. The molecule has 0 unspecified atom stereocenters. The maximum atomic E-state index is 9.46. The largest absolute Gasteiger partial charge is 0.283 e. The van der Waals surface area contributed by atoms with Crippen LogP contribution in [-0.4, -0.2) is 15.2 Å². The topological polar surface area (TPSA) is 65.4 Å². The van der Waals surface area contributed by atoms with Gasteiger partial charge in [-0.1, -0.05) is 24.8 Å². The van der Waals surface area contributed by atoms with Gasteiger partial charge in [-0.25, -0.2) is 4.98 Å². The first-order valence-electron chi connectivity index (χ1n) is 7.04. The van der Waals surface area contributed by atoms with Crippen molar-refractivity contribution in [3.63, 3.8) is 0 Å². The zero-order chi connectivity index (χ0) is 15.7. The van der Waals surface area contributed by atoms with Gasteiger partial charge in [0.25, 0.3) is 0 Å². The third-order valence-corrected chi connectivity index (χ3v) is 3.89. The van der Waals surface area contributed by atoms with Gasteiger partial charge in [0.1, 0.15) is 0 Å². The predicted molar refractivity (Wildman–Crippen MR) is 88.1 cm³/mol. The molecule has 22 heavy (non-hydrogen) atoms. The summed E-state index contributed by atoms with van der Waals surface area (Å²) in [5.74, 6) is 0. The van der Waals surface area contributed by atoms with Gasteiger partial charge in [0.2, 0.25) is 0 Å². The highest BCUT2D eigenvalue weighted by molar-refractivity contribution is 5.92. The minimum Gasteiger partial charge on any atom is -0.283 e. The van der Waals surface area contributed by atoms with Crippen molar-refractivity contribution in [1.82, 2.24) is 15.2 Å². The van der Waals surface area contributed by atoms with E-state index in [0.717, 1.165) is 27.6 Å². The quantitative estimate of drug-likeness (QED) is 0.790. The summed E-state index contributed by atoms with van der Waals surface area (Å²) in [7, 11) is 0. The van der Waals surface area contributed by atoms with E-state index in [4.69, 9.17) is 0 Å². The molecule has 2 heterocycles. The normalized spacial score (nSPS) is 11.3. The van der Waals surface area contributed by atoms with Crippen LogP contribution < -0.4 is 0 Å². The van der Waals surface area contributed by atoms with Crippen molar-refractivity contribution in [2.24, 2.45) is 0 Å². The molecule has 1 aromatic carbocycles.